The van der Waals surface area contributed by atoms with Gasteiger partial charge in [0.25, 0.3) is 0 Å². The Morgan fingerprint density at radius 3 is 2.75 bits per heavy atom. The molecule has 1 aromatic heterocycles. The van der Waals surface area contributed by atoms with E-state index in [2.05, 4.69) is 14.9 Å². The van der Waals surface area contributed by atoms with Crippen LogP contribution in [0, 0.1) is 5.92 Å². The van der Waals surface area contributed by atoms with Crippen LogP contribution in [0.25, 0.3) is 10.9 Å². The Kier molecular flexibility index (Phi) is 3.76. The van der Waals surface area contributed by atoms with Gasteiger partial charge in [-0.3, -0.25) is 0 Å². The maximum Gasteiger partial charge on any atom is 0.139 e. The first-order chi connectivity index (χ1) is 9.65. The molecule has 1 aromatic carbocycles. The SMILES string of the molecule is CC(O)C1CCN(c2ncnc3cc(Cl)ccc23)CC1. The van der Waals surface area contributed by atoms with Crippen LogP contribution in [-0.4, -0.2) is 34.3 Å². The first kappa shape index (κ1) is 13.6. The number of halogens is 1. The van der Waals surface area contributed by atoms with E-state index in [0.29, 0.717) is 10.9 Å². The lowest BCUT2D eigenvalue weighted by atomic mass is 9.92. The highest BCUT2D eigenvalue weighted by molar-refractivity contribution is 6.31. The van der Waals surface area contributed by atoms with Crippen molar-refractivity contribution in [3.63, 3.8) is 0 Å². The summed E-state index contributed by atoms with van der Waals surface area (Å²) >= 11 is 6.01. The molecule has 0 saturated carbocycles. The van der Waals surface area contributed by atoms with Gasteiger partial charge in [0, 0.05) is 23.5 Å². The fourth-order valence-electron chi connectivity index (χ4n) is 2.86. The second kappa shape index (κ2) is 5.54. The van der Waals surface area contributed by atoms with E-state index < -0.39 is 0 Å². The lowest BCUT2D eigenvalue weighted by molar-refractivity contribution is 0.110. The molecular weight excluding hydrogens is 274 g/mol. The molecular formula is C15H18ClN3O. The van der Waals surface area contributed by atoms with Crippen molar-refractivity contribution < 1.29 is 5.11 Å². The van der Waals surface area contributed by atoms with Crippen molar-refractivity contribution in [2.45, 2.75) is 25.9 Å². The predicted molar refractivity (Wildman–Crippen MR) is 81.2 cm³/mol. The number of aliphatic hydroxyl groups is 1. The van der Waals surface area contributed by atoms with Crippen molar-refractivity contribution in [2.75, 3.05) is 18.0 Å². The molecule has 106 valence electrons. The molecule has 0 bridgehead atoms. The number of benzene rings is 1. The molecule has 1 aliphatic rings. The largest absolute Gasteiger partial charge is 0.393 e. The number of piperidine rings is 1. The number of nitrogens with zero attached hydrogens (tertiary/aromatic N) is 3. The van der Waals surface area contributed by atoms with Gasteiger partial charge in [-0.2, -0.15) is 0 Å². The molecule has 0 spiro atoms. The van der Waals surface area contributed by atoms with E-state index in [1.165, 1.54) is 0 Å². The van der Waals surface area contributed by atoms with Crippen LogP contribution < -0.4 is 4.90 Å². The van der Waals surface area contributed by atoms with E-state index in [0.717, 1.165) is 42.7 Å². The fraction of sp³-hybridized carbons (Fsp3) is 0.467. The maximum atomic E-state index is 9.68. The summed E-state index contributed by atoms with van der Waals surface area (Å²) in [7, 11) is 0. The Hall–Kier alpha value is -1.39. The van der Waals surface area contributed by atoms with Gasteiger partial charge in [-0.15, -0.1) is 0 Å². The standard InChI is InChI=1S/C15H18ClN3O/c1-10(20)11-4-6-19(7-5-11)15-13-3-2-12(16)8-14(13)17-9-18-15/h2-3,8-11,20H,4-7H2,1H3. The maximum absolute atomic E-state index is 9.68. The average Bonchev–Trinajstić information content (AvgIpc) is 2.46. The monoisotopic (exact) mass is 291 g/mol. The van der Waals surface area contributed by atoms with Crippen LogP contribution in [0.1, 0.15) is 19.8 Å². The van der Waals surface area contributed by atoms with E-state index in [1.54, 1.807) is 6.33 Å². The van der Waals surface area contributed by atoms with E-state index >= 15 is 0 Å². The Bertz CT molecular complexity index is 609. The molecule has 5 heteroatoms. The van der Waals surface area contributed by atoms with Crippen LogP contribution in [0.3, 0.4) is 0 Å². The van der Waals surface area contributed by atoms with Gasteiger partial charge < -0.3 is 10.0 Å². The van der Waals surface area contributed by atoms with E-state index in [4.69, 9.17) is 11.6 Å². The lowest BCUT2D eigenvalue weighted by Gasteiger charge is -2.34. The normalized spacial score (nSPS) is 18.4. The van der Waals surface area contributed by atoms with Crippen molar-refractivity contribution in [2.24, 2.45) is 5.92 Å². The predicted octanol–water partition coefficient (Wildman–Crippen LogP) is 2.88. The molecule has 0 radical (unpaired) electrons. The number of aromatic nitrogens is 2. The molecule has 2 heterocycles. The summed E-state index contributed by atoms with van der Waals surface area (Å²) in [6.45, 7) is 3.72. The molecule has 1 aliphatic heterocycles. The van der Waals surface area contributed by atoms with Crippen LogP contribution in [0.4, 0.5) is 5.82 Å². The highest BCUT2D eigenvalue weighted by Gasteiger charge is 2.24. The molecule has 4 nitrogen and oxygen atoms in total. The number of fused-ring (bicyclic) bond motifs is 1. The molecule has 2 aromatic rings. The Labute approximate surface area is 123 Å². The van der Waals surface area contributed by atoms with Crippen LogP contribution in [0.2, 0.25) is 5.02 Å². The van der Waals surface area contributed by atoms with Gasteiger partial charge in [0.15, 0.2) is 0 Å². The lowest BCUT2D eigenvalue weighted by Crippen LogP contribution is -2.37. The number of aliphatic hydroxyl groups excluding tert-OH is 1. The summed E-state index contributed by atoms with van der Waals surface area (Å²) in [6, 6.07) is 5.72. The zero-order valence-electron chi connectivity index (χ0n) is 11.5. The van der Waals surface area contributed by atoms with Crippen molar-refractivity contribution in [1.82, 2.24) is 9.97 Å². The van der Waals surface area contributed by atoms with Crippen LogP contribution in [0.5, 0.6) is 0 Å². The van der Waals surface area contributed by atoms with Crippen molar-refractivity contribution in [3.8, 4) is 0 Å². The third-order valence-electron chi connectivity index (χ3n) is 4.10. The van der Waals surface area contributed by atoms with Gasteiger partial charge in [-0.1, -0.05) is 11.6 Å². The quantitative estimate of drug-likeness (QED) is 0.924. The third kappa shape index (κ3) is 2.58. The molecule has 1 N–H and O–H groups in total. The Morgan fingerprint density at radius 1 is 1.30 bits per heavy atom. The molecule has 1 unspecified atom stereocenters. The number of rotatable bonds is 2. The molecule has 1 fully saturated rings. The number of hydrogen-bond donors (Lipinski definition) is 1. The van der Waals surface area contributed by atoms with Gasteiger partial charge in [0.2, 0.25) is 0 Å². The van der Waals surface area contributed by atoms with Crippen molar-refractivity contribution in [3.05, 3.63) is 29.5 Å². The zero-order valence-corrected chi connectivity index (χ0v) is 12.2. The summed E-state index contributed by atoms with van der Waals surface area (Å²) in [5.41, 5.74) is 0.875. The topological polar surface area (TPSA) is 49.2 Å². The fourth-order valence-corrected chi connectivity index (χ4v) is 3.03. The minimum Gasteiger partial charge on any atom is -0.393 e. The van der Waals surface area contributed by atoms with Gasteiger partial charge >= 0.3 is 0 Å². The summed E-state index contributed by atoms with van der Waals surface area (Å²) in [6.07, 6.45) is 3.36. The zero-order chi connectivity index (χ0) is 14.1. The van der Waals surface area contributed by atoms with Gasteiger partial charge in [0.05, 0.1) is 11.6 Å². The van der Waals surface area contributed by atoms with Gasteiger partial charge in [0.1, 0.15) is 12.1 Å². The first-order valence-corrected chi connectivity index (χ1v) is 7.36. The average molecular weight is 292 g/mol. The second-order valence-electron chi connectivity index (χ2n) is 5.42. The van der Waals surface area contributed by atoms with Gasteiger partial charge in [-0.25, -0.2) is 9.97 Å². The van der Waals surface area contributed by atoms with Crippen LogP contribution >= 0.6 is 11.6 Å². The Balaban J connectivity index is 1.88. The van der Waals surface area contributed by atoms with E-state index in [9.17, 15) is 5.11 Å². The molecule has 1 atom stereocenters. The summed E-state index contributed by atoms with van der Waals surface area (Å²) in [5.74, 6) is 1.37. The van der Waals surface area contributed by atoms with E-state index in [-0.39, 0.29) is 6.10 Å². The molecule has 0 amide bonds. The smallest absolute Gasteiger partial charge is 0.139 e. The molecule has 0 aliphatic carbocycles. The third-order valence-corrected chi connectivity index (χ3v) is 4.33. The van der Waals surface area contributed by atoms with Crippen molar-refractivity contribution >= 4 is 28.3 Å². The summed E-state index contributed by atoms with van der Waals surface area (Å²) in [4.78, 5) is 11.0. The molecule has 20 heavy (non-hydrogen) atoms. The van der Waals surface area contributed by atoms with Crippen LogP contribution in [0.15, 0.2) is 24.5 Å². The first-order valence-electron chi connectivity index (χ1n) is 6.98. The Morgan fingerprint density at radius 2 is 2.05 bits per heavy atom. The summed E-state index contributed by atoms with van der Waals surface area (Å²) in [5, 5.41) is 11.4. The minimum atomic E-state index is -0.224. The second-order valence-corrected chi connectivity index (χ2v) is 5.86. The minimum absolute atomic E-state index is 0.224. The van der Waals surface area contributed by atoms with Gasteiger partial charge in [-0.05, 0) is 43.9 Å². The highest BCUT2D eigenvalue weighted by atomic mass is 35.5. The molecule has 3 rings (SSSR count). The summed E-state index contributed by atoms with van der Waals surface area (Å²) < 4.78 is 0. The number of hydrogen-bond acceptors (Lipinski definition) is 4. The number of anilines is 1. The van der Waals surface area contributed by atoms with Crippen LogP contribution in [-0.2, 0) is 0 Å². The molecule has 1 saturated heterocycles. The highest BCUT2D eigenvalue weighted by Crippen LogP contribution is 2.29. The van der Waals surface area contributed by atoms with Crippen molar-refractivity contribution in [1.29, 1.82) is 0 Å². The van der Waals surface area contributed by atoms with E-state index in [1.807, 2.05) is 25.1 Å².